The largest absolute Gasteiger partial charge is 0.369 e. The number of carbonyl (C=O) groups excluding carboxylic acids is 3. The van der Waals surface area contributed by atoms with Gasteiger partial charge in [0.05, 0.1) is 6.54 Å². The Bertz CT molecular complexity index is 758. The van der Waals surface area contributed by atoms with Gasteiger partial charge >= 0.3 is 0 Å². The van der Waals surface area contributed by atoms with Gasteiger partial charge in [-0.05, 0) is 31.0 Å². The highest BCUT2D eigenvalue weighted by molar-refractivity contribution is 5.94. The molecular formula is C19H24F2N4O3. The predicted molar refractivity (Wildman–Crippen MR) is 97.2 cm³/mol. The average Bonchev–Trinajstić information content (AvgIpc) is 2.70. The number of piperidine rings is 1. The molecule has 9 heteroatoms. The molecule has 3 rings (SSSR count). The minimum Gasteiger partial charge on any atom is -0.369 e. The summed E-state index contributed by atoms with van der Waals surface area (Å²) in [6.07, 6.45) is 1.19. The minimum absolute atomic E-state index is 0.00306. The van der Waals surface area contributed by atoms with Crippen molar-refractivity contribution in [3.05, 3.63) is 35.4 Å². The van der Waals surface area contributed by atoms with Crippen molar-refractivity contribution in [2.24, 2.45) is 11.7 Å². The lowest BCUT2D eigenvalue weighted by Crippen LogP contribution is -2.52. The summed E-state index contributed by atoms with van der Waals surface area (Å²) in [4.78, 5) is 41.4. The zero-order valence-electron chi connectivity index (χ0n) is 15.6. The lowest BCUT2D eigenvalue weighted by Gasteiger charge is -2.36. The Balaban J connectivity index is 1.46. The molecule has 0 spiro atoms. The maximum absolute atomic E-state index is 13.3. The molecule has 2 aliphatic rings. The van der Waals surface area contributed by atoms with Crippen molar-refractivity contribution >= 4 is 17.7 Å². The predicted octanol–water partition coefficient (Wildman–Crippen LogP) is 0.447. The molecule has 0 unspecified atom stereocenters. The third-order valence-electron chi connectivity index (χ3n) is 5.43. The van der Waals surface area contributed by atoms with Gasteiger partial charge in [0.1, 0.15) is 0 Å². The molecule has 1 aromatic carbocycles. The van der Waals surface area contributed by atoms with Crippen molar-refractivity contribution in [3.63, 3.8) is 0 Å². The number of hydrogen-bond donors (Lipinski definition) is 1. The smallest absolute Gasteiger partial charge is 0.254 e. The average molecular weight is 394 g/mol. The standard InChI is InChI=1S/C19H24F2N4O3/c20-15-2-1-14(11-16(15)21)19(28)25-9-7-23(8-10-25)12-17(26)24-5-3-13(4-6-24)18(22)27/h1-2,11,13H,3-10,12H2,(H2,22,27). The number of amides is 3. The summed E-state index contributed by atoms with van der Waals surface area (Å²) in [6.45, 7) is 3.19. The zero-order valence-corrected chi connectivity index (χ0v) is 15.6. The highest BCUT2D eigenvalue weighted by Crippen LogP contribution is 2.17. The van der Waals surface area contributed by atoms with Gasteiger partial charge in [-0.25, -0.2) is 8.78 Å². The number of hydrogen-bond acceptors (Lipinski definition) is 4. The number of benzene rings is 1. The van der Waals surface area contributed by atoms with Gasteiger partial charge in [-0.2, -0.15) is 0 Å². The van der Waals surface area contributed by atoms with E-state index in [0.717, 1.165) is 12.1 Å². The van der Waals surface area contributed by atoms with Crippen molar-refractivity contribution in [3.8, 4) is 0 Å². The summed E-state index contributed by atoms with van der Waals surface area (Å²) in [5.74, 6) is -2.85. The molecule has 152 valence electrons. The van der Waals surface area contributed by atoms with Crippen LogP contribution in [-0.2, 0) is 9.59 Å². The van der Waals surface area contributed by atoms with Crippen molar-refractivity contribution < 1.29 is 23.2 Å². The molecular weight excluding hydrogens is 370 g/mol. The van der Waals surface area contributed by atoms with Crippen LogP contribution >= 0.6 is 0 Å². The molecule has 2 N–H and O–H groups in total. The number of likely N-dealkylation sites (tertiary alicyclic amines) is 1. The molecule has 0 aliphatic carbocycles. The van der Waals surface area contributed by atoms with Crippen LogP contribution in [0.4, 0.5) is 8.78 Å². The van der Waals surface area contributed by atoms with Crippen LogP contribution in [0.3, 0.4) is 0 Å². The first-order valence-corrected chi connectivity index (χ1v) is 9.39. The quantitative estimate of drug-likeness (QED) is 0.803. The van der Waals surface area contributed by atoms with Crippen LogP contribution in [0, 0.1) is 17.6 Å². The van der Waals surface area contributed by atoms with Crippen LogP contribution in [-0.4, -0.2) is 78.2 Å². The molecule has 2 aliphatic heterocycles. The lowest BCUT2D eigenvalue weighted by atomic mass is 9.96. The van der Waals surface area contributed by atoms with E-state index in [9.17, 15) is 23.2 Å². The van der Waals surface area contributed by atoms with Crippen LogP contribution in [0.5, 0.6) is 0 Å². The van der Waals surface area contributed by atoms with E-state index in [1.807, 2.05) is 4.90 Å². The number of carbonyl (C=O) groups is 3. The Hall–Kier alpha value is -2.55. The number of primary amides is 1. The summed E-state index contributed by atoms with van der Waals surface area (Å²) < 4.78 is 26.4. The number of halogens is 2. The number of nitrogens with zero attached hydrogens (tertiary/aromatic N) is 3. The fourth-order valence-electron chi connectivity index (χ4n) is 3.63. The number of rotatable bonds is 4. The lowest BCUT2D eigenvalue weighted by molar-refractivity contribution is -0.136. The van der Waals surface area contributed by atoms with Gasteiger partial charge in [0.25, 0.3) is 5.91 Å². The molecule has 0 aromatic heterocycles. The summed E-state index contributed by atoms with van der Waals surface area (Å²) >= 11 is 0. The second-order valence-corrected chi connectivity index (χ2v) is 7.25. The Morgan fingerprint density at radius 1 is 0.929 bits per heavy atom. The highest BCUT2D eigenvalue weighted by Gasteiger charge is 2.28. The van der Waals surface area contributed by atoms with Gasteiger partial charge in [0, 0.05) is 50.7 Å². The van der Waals surface area contributed by atoms with E-state index in [2.05, 4.69) is 0 Å². The van der Waals surface area contributed by atoms with Crippen LogP contribution in [0.1, 0.15) is 23.2 Å². The molecule has 7 nitrogen and oxygen atoms in total. The van der Waals surface area contributed by atoms with E-state index in [0.29, 0.717) is 52.1 Å². The topological polar surface area (TPSA) is 86.9 Å². The molecule has 2 fully saturated rings. The van der Waals surface area contributed by atoms with E-state index in [1.54, 1.807) is 9.80 Å². The fourth-order valence-corrected chi connectivity index (χ4v) is 3.63. The summed E-state index contributed by atoms with van der Waals surface area (Å²) in [5, 5.41) is 0. The van der Waals surface area contributed by atoms with Gasteiger partial charge in [0.15, 0.2) is 11.6 Å². The molecule has 2 saturated heterocycles. The molecule has 0 atom stereocenters. The molecule has 28 heavy (non-hydrogen) atoms. The number of nitrogens with two attached hydrogens (primary N) is 1. The highest BCUT2D eigenvalue weighted by atomic mass is 19.2. The maximum atomic E-state index is 13.3. The van der Waals surface area contributed by atoms with Crippen LogP contribution < -0.4 is 5.73 Å². The van der Waals surface area contributed by atoms with Crippen molar-refractivity contribution in [2.75, 3.05) is 45.8 Å². The first kappa shape index (κ1) is 20.2. The molecule has 0 bridgehead atoms. The van der Waals surface area contributed by atoms with Crippen molar-refractivity contribution in [2.45, 2.75) is 12.8 Å². The molecule has 1 aromatic rings. The first-order valence-electron chi connectivity index (χ1n) is 9.39. The van der Waals surface area contributed by atoms with E-state index < -0.39 is 11.6 Å². The van der Waals surface area contributed by atoms with Gasteiger partial charge in [-0.15, -0.1) is 0 Å². The third kappa shape index (κ3) is 4.64. The van der Waals surface area contributed by atoms with Crippen molar-refractivity contribution in [1.29, 1.82) is 0 Å². The summed E-state index contributed by atoms with van der Waals surface area (Å²) in [5.41, 5.74) is 5.42. The molecule has 3 amide bonds. The van der Waals surface area contributed by atoms with Crippen LogP contribution in [0.2, 0.25) is 0 Å². The Labute approximate surface area is 162 Å². The van der Waals surface area contributed by atoms with Gasteiger partial charge in [-0.3, -0.25) is 19.3 Å². The zero-order chi connectivity index (χ0) is 20.3. The van der Waals surface area contributed by atoms with Crippen LogP contribution in [0.25, 0.3) is 0 Å². The van der Waals surface area contributed by atoms with E-state index in [1.165, 1.54) is 6.07 Å². The summed E-state index contributed by atoms with van der Waals surface area (Å²) in [7, 11) is 0. The second-order valence-electron chi connectivity index (χ2n) is 7.25. The molecule has 0 radical (unpaired) electrons. The van der Waals surface area contributed by atoms with E-state index in [-0.39, 0.29) is 35.7 Å². The van der Waals surface area contributed by atoms with Gasteiger partial charge in [-0.1, -0.05) is 0 Å². The van der Waals surface area contributed by atoms with Crippen LogP contribution in [0.15, 0.2) is 18.2 Å². The monoisotopic (exact) mass is 394 g/mol. The van der Waals surface area contributed by atoms with E-state index in [4.69, 9.17) is 5.73 Å². The SMILES string of the molecule is NC(=O)C1CCN(C(=O)CN2CCN(C(=O)c3ccc(F)c(F)c3)CC2)CC1. The third-order valence-corrected chi connectivity index (χ3v) is 5.43. The Kier molecular flexibility index (Phi) is 6.23. The van der Waals surface area contributed by atoms with E-state index >= 15 is 0 Å². The van der Waals surface area contributed by atoms with Crippen molar-refractivity contribution in [1.82, 2.24) is 14.7 Å². The Morgan fingerprint density at radius 3 is 2.14 bits per heavy atom. The second kappa shape index (κ2) is 8.64. The normalized spacial score (nSPS) is 18.9. The maximum Gasteiger partial charge on any atom is 0.254 e. The Morgan fingerprint density at radius 2 is 1.57 bits per heavy atom. The molecule has 0 saturated carbocycles. The first-order chi connectivity index (χ1) is 13.3. The number of piperazine rings is 1. The molecule has 2 heterocycles. The minimum atomic E-state index is -1.05. The fraction of sp³-hybridized carbons (Fsp3) is 0.526. The van der Waals surface area contributed by atoms with Gasteiger partial charge < -0.3 is 15.5 Å². The summed E-state index contributed by atoms with van der Waals surface area (Å²) in [6, 6.07) is 3.12. The van der Waals surface area contributed by atoms with Gasteiger partial charge in [0.2, 0.25) is 11.8 Å².